The van der Waals surface area contributed by atoms with E-state index < -0.39 is 0 Å². The van der Waals surface area contributed by atoms with Crippen LogP contribution in [0.3, 0.4) is 0 Å². The van der Waals surface area contributed by atoms with E-state index in [1.54, 1.807) is 17.7 Å². The van der Waals surface area contributed by atoms with Gasteiger partial charge in [0.05, 0.1) is 12.3 Å². The van der Waals surface area contributed by atoms with Crippen LogP contribution in [0.25, 0.3) is 21.5 Å². The summed E-state index contributed by atoms with van der Waals surface area (Å²) in [6.45, 7) is 0.0473. The number of hydrogen-bond acceptors (Lipinski definition) is 4. The highest BCUT2D eigenvalue weighted by molar-refractivity contribution is 7.16. The Labute approximate surface area is 102 Å². The first-order chi connectivity index (χ1) is 8.38. The Morgan fingerprint density at radius 1 is 1.18 bits per heavy atom. The van der Waals surface area contributed by atoms with E-state index >= 15 is 0 Å². The Balaban J connectivity index is 2.23. The van der Waals surface area contributed by atoms with Crippen molar-refractivity contribution in [1.82, 2.24) is 9.97 Å². The molecule has 0 aliphatic carbocycles. The third-order valence-electron chi connectivity index (χ3n) is 2.64. The lowest BCUT2D eigenvalue weighted by atomic mass is 10.1. The van der Waals surface area contributed by atoms with Crippen molar-refractivity contribution in [2.45, 2.75) is 6.61 Å². The summed E-state index contributed by atoms with van der Waals surface area (Å²) in [6, 6.07) is 9.82. The standard InChI is InChI=1S/C13H10N2OS/c16-7-9-2-1-3-10(6-9)12-11-4-5-17-13(11)15-8-14-12/h1-6,8,16H,7H2. The molecule has 0 unspecified atom stereocenters. The highest BCUT2D eigenvalue weighted by Gasteiger charge is 2.07. The van der Waals surface area contributed by atoms with Gasteiger partial charge in [0.25, 0.3) is 0 Å². The minimum atomic E-state index is 0.0473. The number of fused-ring (bicyclic) bond motifs is 1. The highest BCUT2D eigenvalue weighted by Crippen LogP contribution is 2.28. The minimum absolute atomic E-state index is 0.0473. The van der Waals surface area contributed by atoms with E-state index in [1.807, 2.05) is 35.7 Å². The summed E-state index contributed by atoms with van der Waals surface area (Å²) in [7, 11) is 0. The topological polar surface area (TPSA) is 46.0 Å². The van der Waals surface area contributed by atoms with Gasteiger partial charge in [-0.25, -0.2) is 9.97 Å². The van der Waals surface area contributed by atoms with Crippen LogP contribution in [-0.2, 0) is 6.61 Å². The molecule has 17 heavy (non-hydrogen) atoms. The lowest BCUT2D eigenvalue weighted by Crippen LogP contribution is -1.88. The Hall–Kier alpha value is -1.78. The van der Waals surface area contributed by atoms with E-state index in [0.29, 0.717) is 0 Å². The summed E-state index contributed by atoms with van der Waals surface area (Å²) in [5.41, 5.74) is 2.83. The molecule has 0 saturated heterocycles. The molecule has 2 aromatic heterocycles. The Morgan fingerprint density at radius 3 is 3.00 bits per heavy atom. The minimum Gasteiger partial charge on any atom is -0.392 e. The molecule has 0 radical (unpaired) electrons. The molecule has 3 rings (SSSR count). The summed E-state index contributed by atoms with van der Waals surface area (Å²) >= 11 is 1.61. The number of aromatic nitrogens is 2. The van der Waals surface area contributed by atoms with Crippen molar-refractivity contribution < 1.29 is 5.11 Å². The van der Waals surface area contributed by atoms with Crippen LogP contribution in [0.4, 0.5) is 0 Å². The van der Waals surface area contributed by atoms with E-state index in [2.05, 4.69) is 9.97 Å². The normalized spacial score (nSPS) is 10.9. The van der Waals surface area contributed by atoms with E-state index in [4.69, 9.17) is 5.11 Å². The molecule has 3 aromatic rings. The summed E-state index contributed by atoms with van der Waals surface area (Å²) in [5, 5.41) is 12.2. The second-order valence-corrected chi connectivity index (χ2v) is 4.61. The molecule has 0 spiro atoms. The predicted molar refractivity (Wildman–Crippen MR) is 68.8 cm³/mol. The third-order valence-corrected chi connectivity index (χ3v) is 3.47. The zero-order valence-corrected chi connectivity index (χ0v) is 9.81. The van der Waals surface area contributed by atoms with Crippen LogP contribution in [0.5, 0.6) is 0 Å². The molecule has 0 atom stereocenters. The number of thiophene rings is 1. The van der Waals surface area contributed by atoms with Crippen LogP contribution in [0.15, 0.2) is 42.0 Å². The van der Waals surface area contributed by atoms with Crippen molar-refractivity contribution in [3.8, 4) is 11.3 Å². The van der Waals surface area contributed by atoms with Gasteiger partial charge in [-0.05, 0) is 23.1 Å². The second-order valence-electron chi connectivity index (χ2n) is 3.72. The fraction of sp³-hybridized carbons (Fsp3) is 0.0769. The Morgan fingerprint density at radius 2 is 2.12 bits per heavy atom. The molecule has 0 aliphatic heterocycles. The van der Waals surface area contributed by atoms with Gasteiger partial charge in [0.15, 0.2) is 0 Å². The first kappa shape index (κ1) is 10.4. The van der Waals surface area contributed by atoms with Gasteiger partial charge in [-0.15, -0.1) is 11.3 Å². The van der Waals surface area contributed by atoms with Crippen molar-refractivity contribution in [3.05, 3.63) is 47.6 Å². The average molecular weight is 242 g/mol. The van der Waals surface area contributed by atoms with Crippen molar-refractivity contribution in [2.75, 3.05) is 0 Å². The van der Waals surface area contributed by atoms with Crippen LogP contribution in [0, 0.1) is 0 Å². The Bertz CT molecular complexity index is 663. The lowest BCUT2D eigenvalue weighted by Gasteiger charge is -2.03. The smallest absolute Gasteiger partial charge is 0.127 e. The Kier molecular flexibility index (Phi) is 2.59. The van der Waals surface area contributed by atoms with Gasteiger partial charge in [-0.1, -0.05) is 18.2 Å². The van der Waals surface area contributed by atoms with Crippen LogP contribution >= 0.6 is 11.3 Å². The van der Waals surface area contributed by atoms with Crippen LogP contribution < -0.4 is 0 Å². The molecular weight excluding hydrogens is 232 g/mol. The zero-order valence-electron chi connectivity index (χ0n) is 9.00. The van der Waals surface area contributed by atoms with E-state index in [1.165, 1.54) is 0 Å². The number of nitrogens with zero attached hydrogens (tertiary/aromatic N) is 2. The molecule has 4 heteroatoms. The fourth-order valence-electron chi connectivity index (χ4n) is 1.84. The van der Waals surface area contributed by atoms with Crippen LogP contribution in [0.2, 0.25) is 0 Å². The van der Waals surface area contributed by atoms with Crippen molar-refractivity contribution in [1.29, 1.82) is 0 Å². The first-order valence-electron chi connectivity index (χ1n) is 5.27. The van der Waals surface area contributed by atoms with E-state index in [-0.39, 0.29) is 6.61 Å². The van der Waals surface area contributed by atoms with Crippen molar-refractivity contribution >= 4 is 21.6 Å². The lowest BCUT2D eigenvalue weighted by molar-refractivity contribution is 0.282. The maximum absolute atomic E-state index is 9.15. The number of hydrogen-bond donors (Lipinski definition) is 1. The van der Waals surface area contributed by atoms with Crippen molar-refractivity contribution in [3.63, 3.8) is 0 Å². The molecule has 0 amide bonds. The van der Waals surface area contributed by atoms with Gasteiger partial charge in [0.1, 0.15) is 11.2 Å². The SMILES string of the molecule is OCc1cccc(-c2ncnc3sccc23)c1. The molecule has 1 N–H and O–H groups in total. The first-order valence-corrected chi connectivity index (χ1v) is 6.15. The molecule has 84 valence electrons. The molecule has 2 heterocycles. The maximum atomic E-state index is 9.15. The number of aliphatic hydroxyl groups is 1. The number of benzene rings is 1. The molecule has 3 nitrogen and oxygen atoms in total. The summed E-state index contributed by atoms with van der Waals surface area (Å²) in [4.78, 5) is 9.56. The van der Waals surface area contributed by atoms with Crippen molar-refractivity contribution in [2.24, 2.45) is 0 Å². The van der Waals surface area contributed by atoms with Gasteiger partial charge < -0.3 is 5.11 Å². The third kappa shape index (κ3) is 1.81. The largest absolute Gasteiger partial charge is 0.392 e. The van der Waals surface area contributed by atoms with Gasteiger partial charge in [0.2, 0.25) is 0 Å². The quantitative estimate of drug-likeness (QED) is 0.751. The monoisotopic (exact) mass is 242 g/mol. The molecule has 1 aromatic carbocycles. The second kappa shape index (κ2) is 4.24. The van der Waals surface area contributed by atoms with Gasteiger partial charge in [-0.3, -0.25) is 0 Å². The van der Waals surface area contributed by atoms with Gasteiger partial charge >= 0.3 is 0 Å². The maximum Gasteiger partial charge on any atom is 0.127 e. The summed E-state index contributed by atoms with van der Waals surface area (Å²) in [5.74, 6) is 0. The van der Waals surface area contributed by atoms with E-state index in [9.17, 15) is 0 Å². The summed E-state index contributed by atoms with van der Waals surface area (Å²) < 4.78 is 0. The highest BCUT2D eigenvalue weighted by atomic mass is 32.1. The average Bonchev–Trinajstić information content (AvgIpc) is 2.87. The number of aliphatic hydroxyl groups excluding tert-OH is 1. The van der Waals surface area contributed by atoms with Gasteiger partial charge in [0, 0.05) is 10.9 Å². The fourth-order valence-corrected chi connectivity index (χ4v) is 2.57. The number of rotatable bonds is 2. The van der Waals surface area contributed by atoms with E-state index in [0.717, 1.165) is 27.0 Å². The molecular formula is C13H10N2OS. The predicted octanol–water partition coefficient (Wildman–Crippen LogP) is 2.85. The van der Waals surface area contributed by atoms with Crippen LogP contribution in [-0.4, -0.2) is 15.1 Å². The summed E-state index contributed by atoms with van der Waals surface area (Å²) in [6.07, 6.45) is 1.58. The molecule has 0 aliphatic rings. The molecule has 0 saturated carbocycles. The zero-order chi connectivity index (χ0) is 11.7. The van der Waals surface area contributed by atoms with Gasteiger partial charge in [-0.2, -0.15) is 0 Å². The van der Waals surface area contributed by atoms with Crippen LogP contribution in [0.1, 0.15) is 5.56 Å². The molecule has 0 bridgehead atoms. The molecule has 0 fully saturated rings.